The van der Waals surface area contributed by atoms with Crippen molar-refractivity contribution in [3.8, 4) is 11.4 Å². The molecule has 16 heavy (non-hydrogen) atoms. The molecule has 0 bridgehead atoms. The van der Waals surface area contributed by atoms with E-state index < -0.39 is 0 Å². The number of hydrogen-bond donors (Lipinski definition) is 1. The van der Waals surface area contributed by atoms with Crippen LogP contribution >= 0.6 is 11.6 Å². The number of hydrogen-bond acceptors (Lipinski definition) is 3. The summed E-state index contributed by atoms with van der Waals surface area (Å²) in [5.41, 5.74) is 1.32. The number of rotatable bonds is 3. The first-order valence-corrected chi connectivity index (χ1v) is 5.11. The van der Waals surface area contributed by atoms with Crippen molar-refractivity contribution in [2.24, 2.45) is 0 Å². The Balaban J connectivity index is 2.45. The van der Waals surface area contributed by atoms with Gasteiger partial charge in [-0.2, -0.15) is 5.10 Å². The Morgan fingerprint density at radius 1 is 1.44 bits per heavy atom. The molecule has 84 valence electrons. The fourth-order valence-electron chi connectivity index (χ4n) is 1.38. The molecule has 1 heterocycles. The molecule has 0 aliphatic carbocycles. The normalized spacial score (nSPS) is 10.4. The largest absolute Gasteiger partial charge is 0.497 e. The lowest BCUT2D eigenvalue weighted by molar-refractivity contribution is 0.276. The molecule has 0 spiro atoms. The van der Waals surface area contributed by atoms with Crippen molar-refractivity contribution >= 4 is 11.6 Å². The molecule has 0 fully saturated rings. The topological polar surface area (TPSA) is 47.3 Å². The number of aliphatic hydroxyl groups excluding tert-OH is 1. The molecule has 1 N–H and O–H groups in total. The highest BCUT2D eigenvalue weighted by Crippen LogP contribution is 2.25. The van der Waals surface area contributed by atoms with Gasteiger partial charge in [-0.1, -0.05) is 11.6 Å². The van der Waals surface area contributed by atoms with Crippen molar-refractivity contribution in [1.82, 2.24) is 9.78 Å². The highest BCUT2D eigenvalue weighted by atomic mass is 35.5. The number of ether oxygens (including phenoxy) is 1. The van der Waals surface area contributed by atoms with Gasteiger partial charge in [-0.25, -0.2) is 4.68 Å². The maximum absolute atomic E-state index is 8.93. The van der Waals surface area contributed by atoms with Crippen LogP contribution in [0.4, 0.5) is 0 Å². The summed E-state index contributed by atoms with van der Waals surface area (Å²) in [6, 6.07) is 7.05. The number of nitrogens with zero attached hydrogens (tertiary/aromatic N) is 2. The summed E-state index contributed by atoms with van der Waals surface area (Å²) in [5.74, 6) is 0.709. The molecule has 4 nitrogen and oxygen atoms in total. The second-order valence-electron chi connectivity index (χ2n) is 3.23. The molecule has 1 aromatic carbocycles. The first-order chi connectivity index (χ1) is 7.74. The smallest absolute Gasteiger partial charge is 0.121 e. The van der Waals surface area contributed by atoms with Crippen LogP contribution in [0.25, 0.3) is 5.69 Å². The van der Waals surface area contributed by atoms with Gasteiger partial charge < -0.3 is 9.84 Å². The molecule has 0 saturated carbocycles. The molecule has 0 saturated heterocycles. The van der Waals surface area contributed by atoms with Crippen LogP contribution in [0, 0.1) is 0 Å². The van der Waals surface area contributed by atoms with Crippen molar-refractivity contribution in [3.63, 3.8) is 0 Å². The average Bonchev–Trinajstić information content (AvgIpc) is 2.78. The van der Waals surface area contributed by atoms with Crippen LogP contribution in [-0.2, 0) is 6.61 Å². The Kier molecular flexibility index (Phi) is 3.12. The molecule has 0 atom stereocenters. The molecular weight excluding hydrogens is 228 g/mol. The van der Waals surface area contributed by atoms with Crippen molar-refractivity contribution in [2.45, 2.75) is 6.61 Å². The van der Waals surface area contributed by atoms with E-state index in [1.54, 1.807) is 42.3 Å². The standard InChI is InChI=1S/C11H11ClN2O2/c1-16-9-2-3-10(12)11(6-9)14-5-4-8(7-15)13-14/h2-6,15H,7H2,1H3. The lowest BCUT2D eigenvalue weighted by Gasteiger charge is -2.06. The second kappa shape index (κ2) is 4.55. The third kappa shape index (κ3) is 2.03. The number of aromatic nitrogens is 2. The van der Waals surface area contributed by atoms with Gasteiger partial charge in [-0.15, -0.1) is 0 Å². The predicted molar refractivity (Wildman–Crippen MR) is 61.0 cm³/mol. The molecule has 1 aromatic heterocycles. The van der Waals surface area contributed by atoms with Gasteiger partial charge >= 0.3 is 0 Å². The van der Waals surface area contributed by atoms with Gasteiger partial charge in [0, 0.05) is 12.3 Å². The summed E-state index contributed by atoms with van der Waals surface area (Å²) >= 11 is 6.06. The van der Waals surface area contributed by atoms with Gasteiger partial charge in [-0.3, -0.25) is 0 Å². The quantitative estimate of drug-likeness (QED) is 0.890. The summed E-state index contributed by atoms with van der Waals surface area (Å²) < 4.78 is 6.72. The van der Waals surface area contributed by atoms with Crippen molar-refractivity contribution in [3.05, 3.63) is 41.2 Å². The molecule has 2 rings (SSSR count). The van der Waals surface area contributed by atoms with Crippen molar-refractivity contribution in [2.75, 3.05) is 7.11 Å². The molecule has 0 unspecified atom stereocenters. The Morgan fingerprint density at radius 2 is 2.25 bits per heavy atom. The van der Waals surface area contributed by atoms with Crippen LogP contribution in [0.2, 0.25) is 5.02 Å². The highest BCUT2D eigenvalue weighted by molar-refractivity contribution is 6.32. The molecule has 0 radical (unpaired) electrons. The third-order valence-corrected chi connectivity index (χ3v) is 2.53. The molecule has 0 amide bonds. The molecule has 0 aliphatic heterocycles. The van der Waals surface area contributed by atoms with Crippen LogP contribution in [0.15, 0.2) is 30.5 Å². The predicted octanol–water partition coefficient (Wildman–Crippen LogP) is 2.03. The Labute approximate surface area is 98.0 Å². The lowest BCUT2D eigenvalue weighted by atomic mass is 10.3. The SMILES string of the molecule is COc1ccc(Cl)c(-n2ccc(CO)n2)c1. The minimum absolute atomic E-state index is 0.0887. The fraction of sp³-hybridized carbons (Fsp3) is 0.182. The van der Waals surface area contributed by atoms with E-state index in [2.05, 4.69) is 5.10 Å². The summed E-state index contributed by atoms with van der Waals surface area (Å²) in [5, 5.41) is 13.7. The van der Waals surface area contributed by atoms with Crippen molar-refractivity contribution < 1.29 is 9.84 Å². The number of aliphatic hydroxyl groups is 1. The van der Waals surface area contributed by atoms with E-state index >= 15 is 0 Å². The summed E-state index contributed by atoms with van der Waals surface area (Å²) in [7, 11) is 1.59. The van der Waals surface area contributed by atoms with E-state index in [4.69, 9.17) is 21.4 Å². The first-order valence-electron chi connectivity index (χ1n) is 4.74. The Bertz CT molecular complexity index is 496. The summed E-state index contributed by atoms with van der Waals surface area (Å²) in [4.78, 5) is 0. The van der Waals surface area contributed by atoms with Crippen LogP contribution in [-0.4, -0.2) is 22.0 Å². The minimum atomic E-state index is -0.0887. The van der Waals surface area contributed by atoms with Gasteiger partial charge in [0.2, 0.25) is 0 Å². The van der Waals surface area contributed by atoms with Crippen LogP contribution < -0.4 is 4.74 Å². The third-order valence-electron chi connectivity index (χ3n) is 2.21. The second-order valence-corrected chi connectivity index (χ2v) is 3.63. The maximum atomic E-state index is 8.93. The van der Waals surface area contributed by atoms with E-state index in [1.165, 1.54) is 0 Å². The molecule has 5 heteroatoms. The molecular formula is C11H11ClN2O2. The first kappa shape index (κ1) is 11.0. The van der Waals surface area contributed by atoms with Gasteiger partial charge in [0.05, 0.1) is 30.1 Å². The number of halogens is 1. The fourth-order valence-corrected chi connectivity index (χ4v) is 1.58. The highest BCUT2D eigenvalue weighted by Gasteiger charge is 2.06. The van der Waals surface area contributed by atoms with Crippen LogP contribution in [0.1, 0.15) is 5.69 Å². The monoisotopic (exact) mass is 238 g/mol. The van der Waals surface area contributed by atoms with Crippen LogP contribution in [0.3, 0.4) is 0 Å². The van der Waals surface area contributed by atoms with E-state index in [0.717, 1.165) is 5.69 Å². The lowest BCUT2D eigenvalue weighted by Crippen LogP contribution is -1.98. The Morgan fingerprint density at radius 3 is 2.88 bits per heavy atom. The van der Waals surface area contributed by atoms with E-state index in [0.29, 0.717) is 16.5 Å². The zero-order chi connectivity index (χ0) is 11.5. The summed E-state index contributed by atoms with van der Waals surface area (Å²) in [6.07, 6.45) is 1.74. The number of benzene rings is 1. The van der Waals surface area contributed by atoms with Gasteiger partial charge in [0.15, 0.2) is 0 Å². The van der Waals surface area contributed by atoms with E-state index in [-0.39, 0.29) is 6.61 Å². The van der Waals surface area contributed by atoms with Gasteiger partial charge in [0.1, 0.15) is 5.75 Å². The van der Waals surface area contributed by atoms with Gasteiger partial charge in [-0.05, 0) is 18.2 Å². The van der Waals surface area contributed by atoms with E-state index in [9.17, 15) is 0 Å². The maximum Gasteiger partial charge on any atom is 0.121 e. The van der Waals surface area contributed by atoms with Gasteiger partial charge in [0.25, 0.3) is 0 Å². The Hall–Kier alpha value is -1.52. The average molecular weight is 239 g/mol. The molecule has 0 aliphatic rings. The van der Waals surface area contributed by atoms with E-state index in [1.807, 2.05) is 0 Å². The minimum Gasteiger partial charge on any atom is -0.497 e. The van der Waals surface area contributed by atoms with Crippen LogP contribution in [0.5, 0.6) is 5.75 Å². The zero-order valence-corrected chi connectivity index (χ0v) is 9.48. The zero-order valence-electron chi connectivity index (χ0n) is 8.72. The number of methoxy groups -OCH3 is 1. The summed E-state index contributed by atoms with van der Waals surface area (Å²) in [6.45, 7) is -0.0887. The molecule has 2 aromatic rings. The van der Waals surface area contributed by atoms with Crippen molar-refractivity contribution in [1.29, 1.82) is 0 Å².